The predicted molar refractivity (Wildman–Crippen MR) is 96.4 cm³/mol. The van der Waals surface area contributed by atoms with Crippen LogP contribution in [0.25, 0.3) is 0 Å². The molecule has 0 unspecified atom stereocenters. The molecule has 150 valence electrons. The van der Waals surface area contributed by atoms with Crippen molar-refractivity contribution in [3.05, 3.63) is 0 Å². The molecule has 0 bridgehead atoms. The number of hydrogen-bond acceptors (Lipinski definition) is 7. The Balaban J connectivity index is 2.16. The summed E-state index contributed by atoms with van der Waals surface area (Å²) < 4.78 is 28.8. The van der Waals surface area contributed by atoms with Crippen molar-refractivity contribution in [2.24, 2.45) is 11.7 Å². The van der Waals surface area contributed by atoms with Crippen LogP contribution in [-0.2, 0) is 15.0 Å². The number of nitrogens with one attached hydrogen (secondary N) is 1. The molecule has 0 spiro atoms. The van der Waals surface area contributed by atoms with Gasteiger partial charge in [0.1, 0.15) is 5.54 Å². The molecule has 0 aromatic carbocycles. The van der Waals surface area contributed by atoms with Crippen molar-refractivity contribution >= 4 is 23.3 Å². The Labute approximate surface area is 154 Å². The Morgan fingerprint density at radius 1 is 1.42 bits per heavy atom. The van der Waals surface area contributed by atoms with Crippen LogP contribution in [-0.4, -0.2) is 89.6 Å². The minimum Gasteiger partial charge on any atom is -0.480 e. The molecule has 2 heterocycles. The number of aliphatic carboxylic acids is 1. The first kappa shape index (κ1) is 21.5. The lowest BCUT2D eigenvalue weighted by molar-refractivity contribution is -0.144. The Morgan fingerprint density at radius 2 is 2.08 bits per heavy atom. The fourth-order valence-corrected chi connectivity index (χ4v) is 5.52. The van der Waals surface area contributed by atoms with Gasteiger partial charge in [-0.05, 0) is 19.2 Å². The Kier molecular flexibility index (Phi) is 7.05. The number of hydrogen-bond donors (Lipinski definition) is 5. The summed E-state index contributed by atoms with van der Waals surface area (Å²) in [5.74, 6) is -1.83. The molecule has 10 nitrogen and oxygen atoms in total. The van der Waals surface area contributed by atoms with Gasteiger partial charge in [-0.1, -0.05) is 13.3 Å². The zero-order valence-electron chi connectivity index (χ0n) is 15.0. The third kappa shape index (κ3) is 4.38. The molecule has 2 saturated heterocycles. The first-order valence-corrected chi connectivity index (χ1v) is 10.4. The second kappa shape index (κ2) is 8.51. The Morgan fingerprint density at radius 3 is 2.54 bits per heavy atom. The van der Waals surface area contributed by atoms with E-state index in [0.29, 0.717) is 38.9 Å². The molecule has 2 fully saturated rings. The molecule has 2 atom stereocenters. The molecule has 0 saturated carbocycles. The van der Waals surface area contributed by atoms with E-state index in [2.05, 4.69) is 5.32 Å². The molecule has 0 aromatic rings. The third-order valence-electron chi connectivity index (χ3n) is 5.24. The van der Waals surface area contributed by atoms with E-state index in [4.69, 9.17) is 15.8 Å². The van der Waals surface area contributed by atoms with Gasteiger partial charge in [-0.2, -0.15) is 17.0 Å². The molecule has 0 radical (unpaired) electrons. The Bertz CT molecular complexity index is 602. The molecule has 12 heteroatoms. The molecule has 2 aliphatic heterocycles. The van der Waals surface area contributed by atoms with Crippen molar-refractivity contribution in [2.45, 2.75) is 44.1 Å². The summed E-state index contributed by atoms with van der Waals surface area (Å²) in [6.45, 7) is 3.17. The monoisotopic (exact) mass is 392 g/mol. The van der Waals surface area contributed by atoms with E-state index in [9.17, 15) is 18.3 Å². The summed E-state index contributed by atoms with van der Waals surface area (Å²) in [6, 6.07) is -0.125. The van der Waals surface area contributed by atoms with E-state index in [1.54, 1.807) is 0 Å². The summed E-state index contributed by atoms with van der Waals surface area (Å²) in [5.41, 5.74) is 4.41. The van der Waals surface area contributed by atoms with Crippen molar-refractivity contribution < 1.29 is 28.4 Å². The standard InChI is InChI=1S/C14H29BN4O6S/c1-2-6-19(12-7-17-8-12)26(24,25)18-9-11(4-3-5-15(22)23)14(16,10-18)13(20)21/h11-12,17,22-23H,2-10,16H2,1H3,(H,20,21)/t11-,14-/m0/s1. The number of carbonyl (C=O) groups is 1. The van der Waals surface area contributed by atoms with Crippen molar-refractivity contribution in [3.8, 4) is 0 Å². The number of nitrogens with two attached hydrogens (primary N) is 1. The summed E-state index contributed by atoms with van der Waals surface area (Å²) >= 11 is 0. The average Bonchev–Trinajstić information content (AvgIpc) is 2.84. The molecule has 2 rings (SSSR count). The van der Waals surface area contributed by atoms with E-state index in [1.807, 2.05) is 6.92 Å². The van der Waals surface area contributed by atoms with Gasteiger partial charge in [0.15, 0.2) is 0 Å². The highest BCUT2D eigenvalue weighted by molar-refractivity contribution is 7.86. The van der Waals surface area contributed by atoms with Crippen molar-refractivity contribution in [3.63, 3.8) is 0 Å². The first-order valence-electron chi connectivity index (χ1n) is 8.99. The minimum atomic E-state index is -3.82. The van der Waals surface area contributed by atoms with Crippen LogP contribution in [0.5, 0.6) is 0 Å². The summed E-state index contributed by atoms with van der Waals surface area (Å²) in [6.07, 6.45) is 1.42. The van der Waals surface area contributed by atoms with Crippen molar-refractivity contribution in [1.29, 1.82) is 0 Å². The van der Waals surface area contributed by atoms with E-state index in [1.165, 1.54) is 8.61 Å². The zero-order valence-corrected chi connectivity index (χ0v) is 15.9. The number of carboxylic acid groups (broad SMARTS) is 1. The Hall–Kier alpha value is -0.755. The van der Waals surface area contributed by atoms with E-state index >= 15 is 0 Å². The van der Waals surface area contributed by atoms with Gasteiger partial charge in [-0.3, -0.25) is 4.79 Å². The quantitative estimate of drug-likeness (QED) is 0.264. The van der Waals surface area contributed by atoms with Gasteiger partial charge >= 0.3 is 13.1 Å². The van der Waals surface area contributed by atoms with Gasteiger partial charge in [0.05, 0.1) is 6.04 Å². The van der Waals surface area contributed by atoms with Gasteiger partial charge in [-0.25, -0.2) is 0 Å². The molecule has 26 heavy (non-hydrogen) atoms. The van der Waals surface area contributed by atoms with Crippen LogP contribution >= 0.6 is 0 Å². The lowest BCUT2D eigenvalue weighted by Gasteiger charge is -2.39. The highest BCUT2D eigenvalue weighted by atomic mass is 32.2. The number of rotatable bonds is 10. The second-order valence-corrected chi connectivity index (χ2v) is 9.06. The largest absolute Gasteiger partial charge is 0.480 e. The fraction of sp³-hybridized carbons (Fsp3) is 0.929. The van der Waals surface area contributed by atoms with Gasteiger partial charge in [-0.15, -0.1) is 0 Å². The predicted octanol–water partition coefficient (Wildman–Crippen LogP) is -2.12. The van der Waals surface area contributed by atoms with E-state index < -0.39 is 34.8 Å². The SMILES string of the molecule is CCCN(C1CNC1)S(=O)(=O)N1C[C@H](CCCB(O)O)[C@](N)(C(=O)O)C1. The fourth-order valence-electron chi connectivity index (χ4n) is 3.54. The van der Waals surface area contributed by atoms with Crippen LogP contribution in [0.4, 0.5) is 0 Å². The number of carboxylic acids is 1. The normalized spacial score (nSPS) is 27.7. The smallest absolute Gasteiger partial charge is 0.451 e. The second-order valence-electron chi connectivity index (χ2n) is 7.18. The summed E-state index contributed by atoms with van der Waals surface area (Å²) in [7, 11) is -5.29. The molecular weight excluding hydrogens is 363 g/mol. The van der Waals surface area contributed by atoms with Crippen LogP contribution in [0.1, 0.15) is 26.2 Å². The van der Waals surface area contributed by atoms with Crippen LogP contribution in [0.3, 0.4) is 0 Å². The summed E-state index contributed by atoms with van der Waals surface area (Å²) in [4.78, 5) is 11.7. The maximum absolute atomic E-state index is 13.1. The lowest BCUT2D eigenvalue weighted by atomic mass is 9.78. The van der Waals surface area contributed by atoms with Crippen molar-refractivity contribution in [1.82, 2.24) is 13.9 Å². The molecule has 0 aromatic heterocycles. The van der Waals surface area contributed by atoms with Gasteiger partial charge in [0.25, 0.3) is 10.2 Å². The van der Waals surface area contributed by atoms with Crippen LogP contribution < -0.4 is 11.1 Å². The van der Waals surface area contributed by atoms with Crippen LogP contribution in [0.15, 0.2) is 0 Å². The molecular formula is C14H29BN4O6S. The van der Waals surface area contributed by atoms with Gasteiger partial charge < -0.3 is 26.2 Å². The molecule has 6 N–H and O–H groups in total. The third-order valence-corrected chi connectivity index (χ3v) is 7.24. The van der Waals surface area contributed by atoms with Gasteiger partial charge in [0, 0.05) is 38.6 Å². The molecule has 2 aliphatic rings. The summed E-state index contributed by atoms with van der Waals surface area (Å²) in [5, 5.41) is 30.6. The maximum Gasteiger partial charge on any atom is 0.451 e. The van der Waals surface area contributed by atoms with Crippen molar-refractivity contribution in [2.75, 3.05) is 32.7 Å². The average molecular weight is 392 g/mol. The van der Waals surface area contributed by atoms with E-state index in [0.717, 1.165) is 0 Å². The maximum atomic E-state index is 13.1. The lowest BCUT2D eigenvalue weighted by Crippen LogP contribution is -2.61. The van der Waals surface area contributed by atoms with Crippen LogP contribution in [0, 0.1) is 5.92 Å². The van der Waals surface area contributed by atoms with E-state index in [-0.39, 0.29) is 25.5 Å². The zero-order chi connectivity index (χ0) is 19.5. The van der Waals surface area contributed by atoms with Crippen LogP contribution in [0.2, 0.25) is 6.32 Å². The topological polar surface area (TPSA) is 156 Å². The highest BCUT2D eigenvalue weighted by Gasteiger charge is 2.53. The molecule has 0 aliphatic carbocycles. The number of nitrogens with zero attached hydrogens (tertiary/aromatic N) is 2. The van der Waals surface area contributed by atoms with Gasteiger partial charge in [0.2, 0.25) is 0 Å². The molecule has 0 amide bonds. The highest BCUT2D eigenvalue weighted by Crippen LogP contribution is 2.33. The minimum absolute atomic E-state index is 0.0209. The first-order chi connectivity index (χ1) is 12.1.